The minimum atomic E-state index is -2.55. The third kappa shape index (κ3) is 1.70. The fourth-order valence-electron chi connectivity index (χ4n) is 2.70. The van der Waals surface area contributed by atoms with Crippen LogP contribution in [0.3, 0.4) is 0 Å². The van der Waals surface area contributed by atoms with Gasteiger partial charge in [-0.15, -0.1) is 0 Å². The molecule has 2 nitrogen and oxygen atoms in total. The number of halogens is 2. The summed E-state index contributed by atoms with van der Waals surface area (Å²) in [5, 5.41) is 9.68. The molecule has 2 atom stereocenters. The van der Waals surface area contributed by atoms with Gasteiger partial charge in [-0.2, -0.15) is 0 Å². The summed E-state index contributed by atoms with van der Waals surface area (Å²) in [7, 11) is 1.93. The number of alkyl halides is 2. The molecule has 1 heterocycles. The van der Waals surface area contributed by atoms with Crippen LogP contribution in [0.2, 0.25) is 0 Å². The van der Waals surface area contributed by atoms with Crippen molar-refractivity contribution in [1.82, 2.24) is 4.90 Å². The molecule has 2 rings (SSSR count). The molecule has 1 aliphatic heterocycles. The van der Waals surface area contributed by atoms with Gasteiger partial charge in [-0.05, 0) is 7.05 Å². The van der Waals surface area contributed by atoms with Crippen molar-refractivity contribution in [1.29, 1.82) is 0 Å². The number of piperidine rings is 1. The van der Waals surface area contributed by atoms with E-state index < -0.39 is 12.0 Å². The first-order valence-corrected chi connectivity index (χ1v) is 4.72. The Kier molecular flexibility index (Phi) is 2.07. The summed E-state index contributed by atoms with van der Waals surface area (Å²) in [6, 6.07) is 0. The van der Waals surface area contributed by atoms with Crippen molar-refractivity contribution in [3.8, 4) is 0 Å². The standard InChI is InChI=1S/C9H15F2NO/c1-12-4-6-2-9(10,11)3-7(5-12)8(6)13/h6-8,13H,2-5H2,1H3. The zero-order chi connectivity index (χ0) is 9.64. The van der Waals surface area contributed by atoms with Crippen molar-refractivity contribution >= 4 is 0 Å². The van der Waals surface area contributed by atoms with Gasteiger partial charge in [-0.1, -0.05) is 0 Å². The second-order valence-electron chi connectivity index (χ2n) is 4.50. The Morgan fingerprint density at radius 1 is 1.23 bits per heavy atom. The lowest BCUT2D eigenvalue weighted by Crippen LogP contribution is -2.54. The molecular formula is C9H15F2NO. The summed E-state index contributed by atoms with van der Waals surface area (Å²) in [6.45, 7) is 1.21. The van der Waals surface area contributed by atoms with Crippen molar-refractivity contribution in [2.75, 3.05) is 20.1 Å². The van der Waals surface area contributed by atoms with Gasteiger partial charge < -0.3 is 10.0 Å². The minimum Gasteiger partial charge on any atom is -0.392 e. The molecule has 0 aromatic carbocycles. The van der Waals surface area contributed by atoms with Crippen LogP contribution in [0.4, 0.5) is 8.78 Å². The maximum atomic E-state index is 13.1. The van der Waals surface area contributed by atoms with E-state index in [1.54, 1.807) is 0 Å². The van der Waals surface area contributed by atoms with Crippen LogP contribution >= 0.6 is 0 Å². The Labute approximate surface area is 76.5 Å². The number of hydrogen-bond acceptors (Lipinski definition) is 2. The summed E-state index contributed by atoms with van der Waals surface area (Å²) >= 11 is 0. The van der Waals surface area contributed by atoms with Gasteiger partial charge in [0.25, 0.3) is 0 Å². The van der Waals surface area contributed by atoms with E-state index >= 15 is 0 Å². The second-order valence-corrected chi connectivity index (χ2v) is 4.50. The monoisotopic (exact) mass is 191 g/mol. The normalized spacial score (nSPS) is 44.8. The topological polar surface area (TPSA) is 23.5 Å². The Bertz CT molecular complexity index is 192. The lowest BCUT2D eigenvalue weighted by atomic mass is 9.73. The summed E-state index contributed by atoms with van der Waals surface area (Å²) < 4.78 is 26.2. The maximum Gasteiger partial charge on any atom is 0.249 e. The SMILES string of the molecule is CN1CC2CC(F)(F)CC(C1)C2O. The van der Waals surface area contributed by atoms with Crippen LogP contribution in [-0.2, 0) is 0 Å². The van der Waals surface area contributed by atoms with Crippen LogP contribution in [0, 0.1) is 11.8 Å². The van der Waals surface area contributed by atoms with Crippen molar-refractivity contribution < 1.29 is 13.9 Å². The second kappa shape index (κ2) is 2.89. The summed E-state index contributed by atoms with van der Waals surface area (Å²) in [4.78, 5) is 2.04. The molecular weight excluding hydrogens is 176 g/mol. The van der Waals surface area contributed by atoms with Crippen LogP contribution in [0.1, 0.15) is 12.8 Å². The Morgan fingerprint density at radius 3 is 2.15 bits per heavy atom. The minimum absolute atomic E-state index is 0.144. The van der Waals surface area contributed by atoms with E-state index in [4.69, 9.17) is 0 Å². The fourth-order valence-corrected chi connectivity index (χ4v) is 2.70. The lowest BCUT2D eigenvalue weighted by Gasteiger charge is -2.46. The molecule has 2 fully saturated rings. The highest BCUT2D eigenvalue weighted by atomic mass is 19.3. The number of rotatable bonds is 0. The molecule has 0 aromatic heterocycles. The molecule has 1 saturated carbocycles. The molecule has 13 heavy (non-hydrogen) atoms. The van der Waals surface area contributed by atoms with Gasteiger partial charge in [0.05, 0.1) is 6.10 Å². The van der Waals surface area contributed by atoms with Gasteiger partial charge in [0.15, 0.2) is 0 Å². The zero-order valence-electron chi connectivity index (χ0n) is 7.71. The number of hydrogen-bond donors (Lipinski definition) is 1. The Hall–Kier alpha value is -0.220. The van der Waals surface area contributed by atoms with E-state index in [0.29, 0.717) is 13.1 Å². The van der Waals surface area contributed by atoms with Gasteiger partial charge in [0, 0.05) is 37.8 Å². The summed E-state index contributed by atoms with van der Waals surface area (Å²) in [5.74, 6) is -3.00. The molecule has 1 saturated heterocycles. The molecule has 0 radical (unpaired) electrons. The average Bonchev–Trinajstić information content (AvgIpc) is 1.94. The van der Waals surface area contributed by atoms with E-state index in [2.05, 4.69) is 0 Å². The molecule has 2 bridgehead atoms. The Morgan fingerprint density at radius 2 is 1.69 bits per heavy atom. The summed E-state index contributed by atoms with van der Waals surface area (Å²) in [6.07, 6.45) is -0.792. The highest BCUT2D eigenvalue weighted by Gasteiger charge is 2.49. The van der Waals surface area contributed by atoms with Gasteiger partial charge in [0.1, 0.15) is 0 Å². The largest absolute Gasteiger partial charge is 0.392 e. The first kappa shape index (κ1) is 9.34. The zero-order valence-corrected chi connectivity index (χ0v) is 7.71. The van der Waals surface area contributed by atoms with E-state index in [9.17, 15) is 13.9 Å². The van der Waals surface area contributed by atoms with Gasteiger partial charge >= 0.3 is 0 Å². The molecule has 0 amide bonds. The van der Waals surface area contributed by atoms with E-state index in [-0.39, 0.29) is 24.7 Å². The Balaban J connectivity index is 2.13. The number of nitrogens with zero attached hydrogens (tertiary/aromatic N) is 1. The molecule has 2 unspecified atom stereocenters. The number of aliphatic hydroxyl groups is 1. The quantitative estimate of drug-likeness (QED) is 0.616. The first-order chi connectivity index (χ1) is 5.98. The van der Waals surface area contributed by atoms with Crippen LogP contribution in [-0.4, -0.2) is 42.2 Å². The predicted octanol–water partition coefficient (Wildman–Crippen LogP) is 0.954. The molecule has 76 valence electrons. The van der Waals surface area contributed by atoms with Crippen LogP contribution in [0.25, 0.3) is 0 Å². The van der Waals surface area contributed by atoms with Crippen LogP contribution in [0.5, 0.6) is 0 Å². The van der Waals surface area contributed by atoms with E-state index in [0.717, 1.165) is 0 Å². The van der Waals surface area contributed by atoms with Crippen LogP contribution in [0.15, 0.2) is 0 Å². The van der Waals surface area contributed by atoms with Crippen LogP contribution < -0.4 is 0 Å². The number of likely N-dealkylation sites (tertiary alicyclic amines) is 1. The van der Waals surface area contributed by atoms with E-state index in [1.807, 2.05) is 11.9 Å². The molecule has 0 spiro atoms. The average molecular weight is 191 g/mol. The van der Waals surface area contributed by atoms with E-state index in [1.165, 1.54) is 0 Å². The van der Waals surface area contributed by atoms with Crippen molar-refractivity contribution in [2.45, 2.75) is 24.9 Å². The fraction of sp³-hybridized carbons (Fsp3) is 1.00. The predicted molar refractivity (Wildman–Crippen MR) is 44.7 cm³/mol. The van der Waals surface area contributed by atoms with Crippen molar-refractivity contribution in [3.05, 3.63) is 0 Å². The smallest absolute Gasteiger partial charge is 0.249 e. The molecule has 2 aliphatic rings. The molecule has 0 aromatic rings. The van der Waals surface area contributed by atoms with Crippen molar-refractivity contribution in [3.63, 3.8) is 0 Å². The third-order valence-electron chi connectivity index (χ3n) is 3.18. The third-order valence-corrected chi connectivity index (χ3v) is 3.18. The van der Waals surface area contributed by atoms with Gasteiger partial charge in [0.2, 0.25) is 5.92 Å². The van der Waals surface area contributed by atoms with Gasteiger partial charge in [-0.3, -0.25) is 0 Å². The molecule has 1 N–H and O–H groups in total. The maximum absolute atomic E-state index is 13.1. The lowest BCUT2D eigenvalue weighted by molar-refractivity contribution is -0.148. The highest BCUT2D eigenvalue weighted by molar-refractivity contribution is 4.95. The molecule has 4 heteroatoms. The highest BCUT2D eigenvalue weighted by Crippen LogP contribution is 2.42. The van der Waals surface area contributed by atoms with Gasteiger partial charge in [-0.25, -0.2) is 8.78 Å². The first-order valence-electron chi connectivity index (χ1n) is 4.72. The number of fused-ring (bicyclic) bond motifs is 2. The molecule has 1 aliphatic carbocycles. The number of aliphatic hydroxyl groups excluding tert-OH is 1. The van der Waals surface area contributed by atoms with Crippen molar-refractivity contribution in [2.24, 2.45) is 11.8 Å². The summed E-state index contributed by atoms with van der Waals surface area (Å²) in [5.41, 5.74) is 0.